The van der Waals surface area contributed by atoms with E-state index < -0.39 is 0 Å². The van der Waals surface area contributed by atoms with Crippen molar-refractivity contribution in [2.75, 3.05) is 19.6 Å². The van der Waals surface area contributed by atoms with Crippen molar-refractivity contribution >= 4 is 34.7 Å². The lowest BCUT2D eigenvalue weighted by Gasteiger charge is -2.25. The summed E-state index contributed by atoms with van der Waals surface area (Å²) in [6, 6.07) is 16.0. The fourth-order valence-corrected chi connectivity index (χ4v) is 5.66. The molecule has 0 radical (unpaired) electrons. The first-order valence-corrected chi connectivity index (χ1v) is 10.4. The molecule has 1 aliphatic heterocycles. The SMILES string of the molecule is CC(=O)N[C@@H]1CCN(CC2=C(c3ccc4ccccc4c3)C3CCC2C3)C1.Cl. The number of amides is 1. The predicted molar refractivity (Wildman–Crippen MR) is 118 cm³/mol. The fraction of sp³-hybridized carbons (Fsp3) is 0.458. The largest absolute Gasteiger partial charge is 0.352 e. The standard InChI is InChI=1S/C24H28N2O.ClH/c1-16(27)25-22-10-11-26(14-22)15-23-19-7-9-21(13-19)24(23)20-8-6-17-4-2-3-5-18(17)12-20;/h2-6,8,12,19,21-22H,7,9-11,13-15H2,1H3,(H,25,27);1H/t19?,21?,22-;/m1./s1. The molecule has 28 heavy (non-hydrogen) atoms. The number of carbonyl (C=O) groups excluding carboxylic acids is 1. The van der Waals surface area contributed by atoms with E-state index in [1.807, 2.05) is 0 Å². The Morgan fingerprint density at radius 1 is 1.07 bits per heavy atom. The van der Waals surface area contributed by atoms with Gasteiger partial charge >= 0.3 is 0 Å². The van der Waals surface area contributed by atoms with Gasteiger partial charge in [-0.2, -0.15) is 0 Å². The van der Waals surface area contributed by atoms with Gasteiger partial charge in [0, 0.05) is 32.6 Å². The number of rotatable bonds is 4. The second kappa shape index (κ2) is 7.88. The summed E-state index contributed by atoms with van der Waals surface area (Å²) in [6.07, 6.45) is 5.14. The zero-order chi connectivity index (χ0) is 18.4. The third-order valence-corrected chi connectivity index (χ3v) is 6.81. The highest BCUT2D eigenvalue weighted by Crippen LogP contribution is 2.52. The van der Waals surface area contributed by atoms with Crippen molar-refractivity contribution in [3.8, 4) is 0 Å². The zero-order valence-corrected chi connectivity index (χ0v) is 17.3. The third-order valence-electron chi connectivity index (χ3n) is 6.81. The number of nitrogens with one attached hydrogen (secondary N) is 1. The van der Waals surface area contributed by atoms with Gasteiger partial charge in [-0.1, -0.05) is 36.4 Å². The van der Waals surface area contributed by atoms with Gasteiger partial charge < -0.3 is 5.32 Å². The van der Waals surface area contributed by atoms with Crippen LogP contribution in [0.4, 0.5) is 0 Å². The Bertz CT molecular complexity index is 922. The monoisotopic (exact) mass is 396 g/mol. The number of hydrogen-bond donors (Lipinski definition) is 1. The average Bonchev–Trinajstić information content (AvgIpc) is 3.38. The van der Waals surface area contributed by atoms with Gasteiger partial charge in [0.1, 0.15) is 0 Å². The Kier molecular flexibility index (Phi) is 5.48. The van der Waals surface area contributed by atoms with Crippen molar-refractivity contribution in [2.45, 2.75) is 38.6 Å². The number of carbonyl (C=O) groups is 1. The molecule has 2 aromatic rings. The molecule has 3 aliphatic rings. The van der Waals surface area contributed by atoms with Crippen LogP contribution < -0.4 is 5.32 Å². The molecule has 1 amide bonds. The molecule has 1 heterocycles. The van der Waals surface area contributed by atoms with E-state index in [1.165, 1.54) is 35.6 Å². The van der Waals surface area contributed by atoms with Crippen molar-refractivity contribution < 1.29 is 4.79 Å². The molecule has 0 aromatic heterocycles. The van der Waals surface area contributed by atoms with Crippen LogP contribution in [-0.4, -0.2) is 36.5 Å². The maximum atomic E-state index is 11.4. The molecule has 1 saturated carbocycles. The maximum absolute atomic E-state index is 11.4. The van der Waals surface area contributed by atoms with Crippen LogP contribution in [0.3, 0.4) is 0 Å². The highest BCUT2D eigenvalue weighted by molar-refractivity contribution is 5.87. The first kappa shape index (κ1) is 19.5. The molecule has 3 atom stereocenters. The summed E-state index contributed by atoms with van der Waals surface area (Å²) in [5, 5.41) is 5.76. The van der Waals surface area contributed by atoms with Crippen LogP contribution in [0.5, 0.6) is 0 Å². The zero-order valence-electron chi connectivity index (χ0n) is 16.5. The number of nitrogens with zero attached hydrogens (tertiary/aromatic N) is 1. The van der Waals surface area contributed by atoms with E-state index in [0.29, 0.717) is 6.04 Å². The molecule has 5 rings (SSSR count). The van der Waals surface area contributed by atoms with Gasteiger partial charge in [0.05, 0.1) is 0 Å². The second-order valence-electron chi connectivity index (χ2n) is 8.63. The Morgan fingerprint density at radius 2 is 1.86 bits per heavy atom. The Morgan fingerprint density at radius 3 is 2.68 bits per heavy atom. The molecule has 1 N–H and O–H groups in total. The highest BCUT2D eigenvalue weighted by atomic mass is 35.5. The second-order valence-corrected chi connectivity index (χ2v) is 8.63. The number of halogens is 1. The Hall–Kier alpha value is -1.84. The molecule has 2 aromatic carbocycles. The number of likely N-dealkylation sites (tertiary alicyclic amines) is 1. The molecule has 4 heteroatoms. The van der Waals surface area contributed by atoms with Gasteiger partial charge in [-0.25, -0.2) is 0 Å². The number of allylic oxidation sites excluding steroid dienone is 1. The molecule has 3 nitrogen and oxygen atoms in total. The van der Waals surface area contributed by atoms with Crippen molar-refractivity contribution in [2.24, 2.45) is 11.8 Å². The summed E-state index contributed by atoms with van der Waals surface area (Å²) < 4.78 is 0. The number of fused-ring (bicyclic) bond motifs is 3. The average molecular weight is 397 g/mol. The van der Waals surface area contributed by atoms with E-state index in [9.17, 15) is 4.79 Å². The molecule has 2 bridgehead atoms. The topological polar surface area (TPSA) is 32.3 Å². The van der Waals surface area contributed by atoms with E-state index in [1.54, 1.807) is 18.1 Å². The molecule has 1 saturated heterocycles. The van der Waals surface area contributed by atoms with Crippen molar-refractivity contribution in [3.63, 3.8) is 0 Å². The summed E-state index contributed by atoms with van der Waals surface area (Å²) in [7, 11) is 0. The molecule has 2 unspecified atom stereocenters. The van der Waals surface area contributed by atoms with E-state index in [0.717, 1.165) is 37.9 Å². The molecule has 2 aliphatic carbocycles. The van der Waals surface area contributed by atoms with Crippen LogP contribution >= 0.6 is 12.4 Å². The summed E-state index contributed by atoms with van der Waals surface area (Å²) in [5.74, 6) is 1.62. The maximum Gasteiger partial charge on any atom is 0.217 e. The number of benzene rings is 2. The van der Waals surface area contributed by atoms with Crippen LogP contribution in [0.15, 0.2) is 48.0 Å². The van der Waals surface area contributed by atoms with Crippen molar-refractivity contribution in [1.29, 1.82) is 0 Å². The van der Waals surface area contributed by atoms with Gasteiger partial charge in [-0.15, -0.1) is 12.4 Å². The minimum absolute atomic E-state index is 0. The third kappa shape index (κ3) is 3.58. The summed E-state index contributed by atoms with van der Waals surface area (Å²) >= 11 is 0. The summed E-state index contributed by atoms with van der Waals surface area (Å²) in [5.41, 5.74) is 4.76. The first-order chi connectivity index (χ1) is 13.2. The highest BCUT2D eigenvalue weighted by Gasteiger charge is 2.40. The first-order valence-electron chi connectivity index (χ1n) is 10.4. The van der Waals surface area contributed by atoms with Gasteiger partial charge in [-0.05, 0) is 71.1 Å². The molecular formula is C24H29ClN2O. The normalized spacial score (nSPS) is 26.7. The van der Waals surface area contributed by atoms with E-state index in [4.69, 9.17) is 0 Å². The minimum Gasteiger partial charge on any atom is -0.352 e. The smallest absolute Gasteiger partial charge is 0.217 e. The number of hydrogen-bond acceptors (Lipinski definition) is 2. The van der Waals surface area contributed by atoms with Crippen LogP contribution in [-0.2, 0) is 4.79 Å². The molecular weight excluding hydrogens is 368 g/mol. The minimum atomic E-state index is 0. The van der Waals surface area contributed by atoms with Crippen molar-refractivity contribution in [3.05, 3.63) is 53.6 Å². The van der Waals surface area contributed by atoms with Crippen LogP contribution in [0.1, 0.15) is 38.2 Å². The Balaban J connectivity index is 0.00000192. The predicted octanol–water partition coefficient (Wildman–Crippen LogP) is 4.66. The van der Waals surface area contributed by atoms with Crippen LogP contribution in [0.25, 0.3) is 16.3 Å². The Labute approximate surface area is 173 Å². The van der Waals surface area contributed by atoms with Gasteiger partial charge in [-0.3, -0.25) is 9.69 Å². The lowest BCUT2D eigenvalue weighted by Crippen LogP contribution is -2.36. The van der Waals surface area contributed by atoms with E-state index >= 15 is 0 Å². The molecule has 2 fully saturated rings. The van der Waals surface area contributed by atoms with E-state index in [2.05, 4.69) is 52.7 Å². The van der Waals surface area contributed by atoms with Gasteiger partial charge in [0.15, 0.2) is 0 Å². The molecule has 148 valence electrons. The lowest BCUT2D eigenvalue weighted by atomic mass is 9.86. The van der Waals surface area contributed by atoms with Crippen molar-refractivity contribution in [1.82, 2.24) is 10.2 Å². The lowest BCUT2D eigenvalue weighted by molar-refractivity contribution is -0.119. The quantitative estimate of drug-likeness (QED) is 0.815. The summed E-state index contributed by atoms with van der Waals surface area (Å²) in [4.78, 5) is 13.9. The van der Waals surface area contributed by atoms with Crippen LogP contribution in [0.2, 0.25) is 0 Å². The fourth-order valence-electron chi connectivity index (χ4n) is 5.66. The molecule has 0 spiro atoms. The van der Waals surface area contributed by atoms with Gasteiger partial charge in [0.2, 0.25) is 5.91 Å². The van der Waals surface area contributed by atoms with Crippen LogP contribution in [0, 0.1) is 11.8 Å². The summed E-state index contributed by atoms with van der Waals surface area (Å²) in [6.45, 7) is 4.79. The van der Waals surface area contributed by atoms with E-state index in [-0.39, 0.29) is 18.3 Å². The van der Waals surface area contributed by atoms with Gasteiger partial charge in [0.25, 0.3) is 0 Å².